The van der Waals surface area contributed by atoms with E-state index in [1.807, 2.05) is 6.92 Å². The molecule has 0 unspecified atom stereocenters. The Morgan fingerprint density at radius 1 is 1.29 bits per heavy atom. The van der Waals surface area contributed by atoms with Gasteiger partial charge in [0.15, 0.2) is 0 Å². The maximum absolute atomic E-state index is 11.7. The Bertz CT molecular complexity index is 511. The molecule has 0 radical (unpaired) electrons. The fourth-order valence-electron chi connectivity index (χ4n) is 2.43. The molecule has 3 N–H and O–H groups in total. The summed E-state index contributed by atoms with van der Waals surface area (Å²) < 4.78 is 0. The molecule has 0 aliphatic heterocycles. The van der Waals surface area contributed by atoms with E-state index in [9.17, 15) is 9.59 Å². The molecule has 0 saturated heterocycles. The van der Waals surface area contributed by atoms with Crippen LogP contribution in [0, 0.1) is 12.3 Å². The summed E-state index contributed by atoms with van der Waals surface area (Å²) in [5.74, 6) is -0.813. The Balaban J connectivity index is 1.74. The molecule has 1 saturated carbocycles. The molecular weight excluding hydrogens is 272 g/mol. The van der Waals surface area contributed by atoms with E-state index >= 15 is 0 Å². The molecule has 2 amide bonds. The van der Waals surface area contributed by atoms with Crippen molar-refractivity contribution in [1.82, 2.24) is 20.6 Å². The molecule has 1 heterocycles. The molecule has 0 bridgehead atoms. The van der Waals surface area contributed by atoms with Crippen LogP contribution in [-0.2, 0) is 11.3 Å². The van der Waals surface area contributed by atoms with Gasteiger partial charge in [0.1, 0.15) is 0 Å². The molecule has 0 spiro atoms. The zero-order valence-electron chi connectivity index (χ0n) is 12.1. The second-order valence-corrected chi connectivity index (χ2v) is 5.61. The summed E-state index contributed by atoms with van der Waals surface area (Å²) in [4.78, 5) is 30.8. The predicted octanol–water partition coefficient (Wildman–Crippen LogP) is 1.23. The highest BCUT2D eigenvalue weighted by Gasteiger charge is 2.39. The third kappa shape index (κ3) is 4.40. The highest BCUT2D eigenvalue weighted by molar-refractivity contribution is 5.74. The molecule has 21 heavy (non-hydrogen) atoms. The summed E-state index contributed by atoms with van der Waals surface area (Å²) in [5, 5.41) is 14.4. The first-order valence-electron chi connectivity index (χ1n) is 7.00. The summed E-state index contributed by atoms with van der Waals surface area (Å²) in [6.07, 6.45) is 6.09. The van der Waals surface area contributed by atoms with Crippen molar-refractivity contribution in [3.8, 4) is 0 Å². The highest BCUT2D eigenvalue weighted by Crippen LogP contribution is 2.43. The van der Waals surface area contributed by atoms with Gasteiger partial charge in [-0.15, -0.1) is 0 Å². The topological polar surface area (TPSA) is 104 Å². The van der Waals surface area contributed by atoms with Crippen molar-refractivity contribution in [2.45, 2.75) is 39.2 Å². The van der Waals surface area contributed by atoms with E-state index in [0.29, 0.717) is 18.8 Å². The van der Waals surface area contributed by atoms with Gasteiger partial charge in [0.25, 0.3) is 0 Å². The van der Waals surface area contributed by atoms with Crippen LogP contribution in [0.1, 0.15) is 37.1 Å². The number of aromatic nitrogens is 2. The van der Waals surface area contributed by atoms with Gasteiger partial charge in [-0.2, -0.15) is 0 Å². The largest absolute Gasteiger partial charge is 0.481 e. The summed E-state index contributed by atoms with van der Waals surface area (Å²) >= 11 is 0. The minimum Gasteiger partial charge on any atom is -0.481 e. The normalized spacial score (nSPS) is 15.9. The number of carbonyl (C=O) groups excluding carboxylic acids is 1. The molecule has 1 fully saturated rings. The highest BCUT2D eigenvalue weighted by atomic mass is 16.4. The van der Waals surface area contributed by atoms with Crippen molar-refractivity contribution < 1.29 is 14.7 Å². The number of carbonyl (C=O) groups is 2. The van der Waals surface area contributed by atoms with Crippen molar-refractivity contribution in [1.29, 1.82) is 0 Å². The lowest BCUT2D eigenvalue weighted by Gasteiger charge is -2.40. The first kappa shape index (κ1) is 15.2. The molecule has 1 aromatic heterocycles. The molecule has 1 aromatic rings. The molecule has 7 heteroatoms. The van der Waals surface area contributed by atoms with Gasteiger partial charge in [-0.3, -0.25) is 14.8 Å². The Labute approximate surface area is 123 Å². The zero-order chi connectivity index (χ0) is 15.3. The molecule has 0 atom stereocenters. The zero-order valence-corrected chi connectivity index (χ0v) is 12.1. The van der Waals surface area contributed by atoms with Crippen molar-refractivity contribution in [2.24, 2.45) is 5.41 Å². The fourth-order valence-corrected chi connectivity index (χ4v) is 2.43. The Hall–Kier alpha value is -2.18. The van der Waals surface area contributed by atoms with E-state index in [1.54, 1.807) is 12.4 Å². The van der Waals surface area contributed by atoms with Crippen LogP contribution >= 0.6 is 0 Å². The molecule has 114 valence electrons. The second-order valence-electron chi connectivity index (χ2n) is 5.61. The summed E-state index contributed by atoms with van der Waals surface area (Å²) in [6.45, 7) is 2.53. The van der Waals surface area contributed by atoms with Crippen LogP contribution in [-0.4, -0.2) is 33.6 Å². The summed E-state index contributed by atoms with van der Waals surface area (Å²) in [5.41, 5.74) is 1.23. The molecule has 1 aliphatic carbocycles. The van der Waals surface area contributed by atoms with Gasteiger partial charge < -0.3 is 15.7 Å². The number of carboxylic acids is 1. The van der Waals surface area contributed by atoms with Crippen molar-refractivity contribution in [3.05, 3.63) is 23.8 Å². The smallest absolute Gasteiger partial charge is 0.315 e. The van der Waals surface area contributed by atoms with E-state index < -0.39 is 5.97 Å². The Morgan fingerprint density at radius 3 is 2.57 bits per heavy atom. The van der Waals surface area contributed by atoms with Gasteiger partial charge in [0.05, 0.1) is 30.6 Å². The van der Waals surface area contributed by atoms with Crippen LogP contribution < -0.4 is 10.6 Å². The van der Waals surface area contributed by atoms with Crippen LogP contribution in [0.15, 0.2) is 12.4 Å². The lowest BCUT2D eigenvalue weighted by molar-refractivity contribution is -0.141. The molecule has 1 aliphatic rings. The Kier molecular flexibility index (Phi) is 4.72. The van der Waals surface area contributed by atoms with E-state index in [-0.39, 0.29) is 17.9 Å². The molecular formula is C14H20N4O3. The minimum absolute atomic E-state index is 0.108. The summed E-state index contributed by atoms with van der Waals surface area (Å²) in [6, 6.07) is -0.311. The number of nitrogens with zero attached hydrogens (tertiary/aromatic N) is 2. The molecule has 0 aromatic carbocycles. The quantitative estimate of drug-likeness (QED) is 0.731. The Morgan fingerprint density at radius 2 is 2.05 bits per heavy atom. The number of rotatable bonds is 6. The van der Waals surface area contributed by atoms with Crippen molar-refractivity contribution >= 4 is 12.0 Å². The average molecular weight is 292 g/mol. The van der Waals surface area contributed by atoms with E-state index in [4.69, 9.17) is 5.11 Å². The van der Waals surface area contributed by atoms with Crippen LogP contribution in [0.3, 0.4) is 0 Å². The van der Waals surface area contributed by atoms with E-state index in [1.165, 1.54) is 0 Å². The third-order valence-electron chi connectivity index (χ3n) is 3.83. The first-order chi connectivity index (χ1) is 9.99. The first-order valence-corrected chi connectivity index (χ1v) is 7.00. The van der Waals surface area contributed by atoms with Gasteiger partial charge >= 0.3 is 12.0 Å². The number of aryl methyl sites for hydroxylation is 1. The minimum atomic E-state index is -0.813. The fraction of sp³-hybridized carbons (Fsp3) is 0.571. The van der Waals surface area contributed by atoms with Crippen LogP contribution in [0.2, 0.25) is 0 Å². The number of hydrogen-bond acceptors (Lipinski definition) is 4. The average Bonchev–Trinajstić information content (AvgIpc) is 2.40. The SMILES string of the molecule is Cc1cnc(CNC(=O)NCC2(CC(=O)O)CCC2)cn1. The van der Waals surface area contributed by atoms with Gasteiger partial charge in [-0.05, 0) is 25.2 Å². The maximum atomic E-state index is 11.7. The van der Waals surface area contributed by atoms with Crippen LogP contribution in [0.4, 0.5) is 4.79 Å². The number of carboxylic acid groups (broad SMARTS) is 1. The summed E-state index contributed by atoms with van der Waals surface area (Å²) in [7, 11) is 0. The number of hydrogen-bond donors (Lipinski definition) is 3. The second kappa shape index (κ2) is 6.51. The molecule has 7 nitrogen and oxygen atoms in total. The van der Waals surface area contributed by atoms with Gasteiger partial charge in [0, 0.05) is 12.7 Å². The monoisotopic (exact) mass is 292 g/mol. The standard InChI is InChI=1S/C14H20N4O3/c1-10-6-16-11(7-15-10)8-17-13(21)18-9-14(3-2-4-14)5-12(19)20/h6-7H,2-5,8-9H2,1H3,(H,19,20)(H2,17,18,21). The maximum Gasteiger partial charge on any atom is 0.315 e. The van der Waals surface area contributed by atoms with Crippen LogP contribution in [0.5, 0.6) is 0 Å². The van der Waals surface area contributed by atoms with E-state index in [2.05, 4.69) is 20.6 Å². The number of nitrogens with one attached hydrogen (secondary N) is 2. The van der Waals surface area contributed by atoms with Crippen LogP contribution in [0.25, 0.3) is 0 Å². The van der Waals surface area contributed by atoms with Crippen molar-refractivity contribution in [3.63, 3.8) is 0 Å². The molecule has 2 rings (SSSR count). The van der Waals surface area contributed by atoms with Gasteiger partial charge in [-0.25, -0.2) is 4.79 Å². The van der Waals surface area contributed by atoms with E-state index in [0.717, 1.165) is 25.0 Å². The lowest BCUT2D eigenvalue weighted by atomic mass is 9.66. The number of amides is 2. The van der Waals surface area contributed by atoms with Crippen molar-refractivity contribution in [2.75, 3.05) is 6.54 Å². The number of urea groups is 1. The number of aliphatic carboxylic acids is 1. The lowest BCUT2D eigenvalue weighted by Crippen LogP contribution is -2.46. The predicted molar refractivity (Wildman–Crippen MR) is 75.5 cm³/mol. The third-order valence-corrected chi connectivity index (χ3v) is 3.83. The van der Waals surface area contributed by atoms with Gasteiger partial charge in [0.2, 0.25) is 0 Å². The van der Waals surface area contributed by atoms with Gasteiger partial charge in [-0.1, -0.05) is 6.42 Å².